The molecule has 0 saturated heterocycles. The minimum absolute atomic E-state index is 0.00413. The van der Waals surface area contributed by atoms with Crippen molar-refractivity contribution in [1.82, 2.24) is 14.7 Å². The fraction of sp³-hybridized carbons (Fsp3) is 0.267. The molecule has 194 valence electrons. The second-order valence-electron chi connectivity index (χ2n) is 9.05. The van der Waals surface area contributed by atoms with Crippen LogP contribution in [0.3, 0.4) is 0 Å². The summed E-state index contributed by atoms with van der Waals surface area (Å²) in [6.45, 7) is 4.04. The number of carbonyl (C=O) groups is 2. The highest BCUT2D eigenvalue weighted by Gasteiger charge is 2.35. The average molecular weight is 573 g/mol. The van der Waals surface area contributed by atoms with Crippen LogP contribution < -0.4 is 4.74 Å². The summed E-state index contributed by atoms with van der Waals surface area (Å²) in [6.07, 6.45) is 7.28. The summed E-state index contributed by atoms with van der Waals surface area (Å²) in [5.41, 5.74) is 3.70. The molecule has 2 heterocycles. The number of halogens is 1. The summed E-state index contributed by atoms with van der Waals surface area (Å²) >= 11 is 3.55. The number of nitriles is 1. The molecule has 2 aromatic carbocycles. The SMILES string of the molecule is CCCCCCN1C(=O)C(C#N)=C(C)/C(=C\c2cn(-c3ccccc3)nc2-c2ccc(OC)c(Br)c2)C1=O. The summed E-state index contributed by atoms with van der Waals surface area (Å²) in [5.74, 6) is -0.228. The molecule has 2 amide bonds. The topological polar surface area (TPSA) is 88.2 Å². The van der Waals surface area contributed by atoms with Gasteiger partial charge in [-0.1, -0.05) is 44.4 Å². The first kappa shape index (κ1) is 27.1. The van der Waals surface area contributed by atoms with E-state index in [-0.39, 0.29) is 12.1 Å². The molecule has 7 nitrogen and oxygen atoms in total. The maximum Gasteiger partial charge on any atom is 0.271 e. The van der Waals surface area contributed by atoms with Gasteiger partial charge in [-0.25, -0.2) is 4.68 Å². The van der Waals surface area contributed by atoms with Crippen molar-refractivity contribution in [3.05, 3.63) is 81.5 Å². The van der Waals surface area contributed by atoms with Gasteiger partial charge in [0.25, 0.3) is 11.8 Å². The Bertz CT molecular complexity index is 1460. The molecule has 8 heteroatoms. The zero-order valence-corrected chi connectivity index (χ0v) is 23.3. The van der Waals surface area contributed by atoms with Gasteiger partial charge in [-0.15, -0.1) is 0 Å². The van der Waals surface area contributed by atoms with Crippen molar-refractivity contribution in [2.24, 2.45) is 0 Å². The highest BCUT2D eigenvalue weighted by Crippen LogP contribution is 2.34. The Morgan fingerprint density at radius 1 is 1.08 bits per heavy atom. The molecule has 0 saturated carbocycles. The predicted octanol–water partition coefficient (Wildman–Crippen LogP) is 6.48. The van der Waals surface area contributed by atoms with Gasteiger partial charge >= 0.3 is 0 Å². The Morgan fingerprint density at radius 3 is 2.50 bits per heavy atom. The number of amides is 2. The normalized spacial score (nSPS) is 14.8. The lowest BCUT2D eigenvalue weighted by molar-refractivity contribution is -0.140. The number of carbonyl (C=O) groups excluding carboxylic acids is 2. The van der Waals surface area contributed by atoms with Crippen molar-refractivity contribution < 1.29 is 14.3 Å². The van der Waals surface area contributed by atoms with Gasteiger partial charge in [-0.2, -0.15) is 10.4 Å². The van der Waals surface area contributed by atoms with E-state index in [4.69, 9.17) is 9.84 Å². The van der Waals surface area contributed by atoms with Gasteiger partial charge in [0.15, 0.2) is 0 Å². The molecule has 0 atom stereocenters. The van der Waals surface area contributed by atoms with Crippen molar-refractivity contribution >= 4 is 33.8 Å². The van der Waals surface area contributed by atoms with Gasteiger partial charge in [0.2, 0.25) is 0 Å². The fourth-order valence-electron chi connectivity index (χ4n) is 4.43. The number of hydrogen-bond donors (Lipinski definition) is 0. The predicted molar refractivity (Wildman–Crippen MR) is 150 cm³/mol. The minimum atomic E-state index is -0.525. The number of rotatable bonds is 9. The van der Waals surface area contributed by atoms with Crippen LogP contribution in [-0.2, 0) is 9.59 Å². The zero-order chi connectivity index (χ0) is 27.2. The first-order chi connectivity index (χ1) is 18.4. The number of benzene rings is 2. The number of aromatic nitrogens is 2. The van der Waals surface area contributed by atoms with Crippen molar-refractivity contribution in [3.8, 4) is 28.8 Å². The number of imide groups is 1. The minimum Gasteiger partial charge on any atom is -0.496 e. The first-order valence-corrected chi connectivity index (χ1v) is 13.4. The van der Waals surface area contributed by atoms with E-state index in [1.54, 1.807) is 24.8 Å². The molecular weight excluding hydrogens is 544 g/mol. The lowest BCUT2D eigenvalue weighted by Gasteiger charge is -2.27. The number of methoxy groups -OCH3 is 1. The first-order valence-electron chi connectivity index (χ1n) is 12.6. The molecule has 1 aromatic heterocycles. The molecule has 0 spiro atoms. The second-order valence-corrected chi connectivity index (χ2v) is 9.91. The molecule has 0 radical (unpaired) electrons. The molecule has 0 aliphatic carbocycles. The van der Waals surface area contributed by atoms with E-state index >= 15 is 0 Å². The third kappa shape index (κ3) is 5.48. The largest absolute Gasteiger partial charge is 0.496 e. The van der Waals surface area contributed by atoms with Crippen LogP contribution in [0.5, 0.6) is 5.75 Å². The van der Waals surface area contributed by atoms with Crippen LogP contribution in [0.25, 0.3) is 23.0 Å². The summed E-state index contributed by atoms with van der Waals surface area (Å²) in [4.78, 5) is 27.8. The summed E-state index contributed by atoms with van der Waals surface area (Å²) < 4.78 is 7.90. The lowest BCUT2D eigenvalue weighted by atomic mass is 9.93. The van der Waals surface area contributed by atoms with Gasteiger partial charge in [0.05, 0.1) is 17.3 Å². The summed E-state index contributed by atoms with van der Waals surface area (Å²) in [7, 11) is 1.60. The van der Waals surface area contributed by atoms with Crippen LogP contribution in [0.4, 0.5) is 0 Å². The van der Waals surface area contributed by atoms with Gasteiger partial charge in [-0.3, -0.25) is 14.5 Å². The zero-order valence-electron chi connectivity index (χ0n) is 21.7. The number of hydrogen-bond acceptors (Lipinski definition) is 5. The molecule has 0 fully saturated rings. The van der Waals surface area contributed by atoms with E-state index in [0.29, 0.717) is 34.6 Å². The van der Waals surface area contributed by atoms with Crippen LogP contribution in [-0.4, -0.2) is 40.1 Å². The molecule has 0 unspecified atom stereocenters. The molecular formula is C30H29BrN4O3. The second kappa shape index (κ2) is 12.1. The molecule has 1 aliphatic heterocycles. The highest BCUT2D eigenvalue weighted by atomic mass is 79.9. The Labute approximate surface area is 231 Å². The summed E-state index contributed by atoms with van der Waals surface area (Å²) in [6, 6.07) is 17.4. The number of para-hydroxylation sites is 1. The standard InChI is InChI=1S/C30H29BrN4O3/c1-4-5-6-10-15-34-29(36)24(20(2)25(18-32)30(34)37)16-22-19-35(23-11-8-7-9-12-23)33-28(22)21-13-14-27(38-3)26(31)17-21/h7-9,11-14,16-17,19H,4-6,10,15H2,1-3H3/b24-16+. The molecule has 3 aromatic rings. The van der Waals surface area contributed by atoms with Crippen molar-refractivity contribution in [1.29, 1.82) is 5.26 Å². The molecule has 0 bridgehead atoms. The van der Waals surface area contributed by atoms with E-state index in [1.165, 1.54) is 4.90 Å². The number of ether oxygens (including phenoxy) is 1. The van der Waals surface area contributed by atoms with Crippen molar-refractivity contribution in [2.75, 3.05) is 13.7 Å². The van der Waals surface area contributed by atoms with Crippen LogP contribution in [0.2, 0.25) is 0 Å². The van der Waals surface area contributed by atoms with Crippen molar-refractivity contribution in [3.63, 3.8) is 0 Å². The maximum atomic E-state index is 13.6. The van der Waals surface area contributed by atoms with E-state index in [0.717, 1.165) is 35.0 Å². The Morgan fingerprint density at radius 2 is 1.84 bits per heavy atom. The lowest BCUT2D eigenvalue weighted by Crippen LogP contribution is -2.43. The summed E-state index contributed by atoms with van der Waals surface area (Å²) in [5, 5.41) is 14.6. The highest BCUT2D eigenvalue weighted by molar-refractivity contribution is 9.10. The molecule has 38 heavy (non-hydrogen) atoms. The van der Waals surface area contributed by atoms with Crippen LogP contribution in [0.15, 0.2) is 75.9 Å². The third-order valence-corrected chi connectivity index (χ3v) is 7.17. The molecule has 1 aliphatic rings. The van der Waals surface area contributed by atoms with Gasteiger partial charge in [-0.05, 0) is 71.3 Å². The quantitative estimate of drug-likeness (QED) is 0.166. The third-order valence-electron chi connectivity index (χ3n) is 6.55. The Balaban J connectivity index is 1.84. The number of nitrogens with zero attached hydrogens (tertiary/aromatic N) is 4. The average Bonchev–Trinajstić information content (AvgIpc) is 3.35. The van der Waals surface area contributed by atoms with Gasteiger partial charge in [0, 0.05) is 29.4 Å². The smallest absolute Gasteiger partial charge is 0.271 e. The molecule has 0 N–H and O–H groups in total. The monoisotopic (exact) mass is 572 g/mol. The Hall–Kier alpha value is -3.96. The number of unbranched alkanes of at least 4 members (excludes halogenated alkanes) is 3. The van der Waals surface area contributed by atoms with Gasteiger partial charge in [0.1, 0.15) is 23.1 Å². The van der Waals surface area contributed by atoms with Crippen LogP contribution >= 0.6 is 15.9 Å². The molecule has 4 rings (SSSR count). The maximum absolute atomic E-state index is 13.6. The van der Waals surface area contributed by atoms with E-state index in [9.17, 15) is 14.9 Å². The van der Waals surface area contributed by atoms with E-state index < -0.39 is 11.8 Å². The Kier molecular flexibility index (Phi) is 8.59. The van der Waals surface area contributed by atoms with Crippen LogP contribution in [0, 0.1) is 11.3 Å². The van der Waals surface area contributed by atoms with E-state index in [2.05, 4.69) is 22.9 Å². The van der Waals surface area contributed by atoms with Crippen molar-refractivity contribution in [2.45, 2.75) is 39.5 Å². The van der Waals surface area contributed by atoms with Crippen LogP contribution in [0.1, 0.15) is 45.1 Å². The fourth-order valence-corrected chi connectivity index (χ4v) is 4.97. The van der Waals surface area contributed by atoms with Gasteiger partial charge < -0.3 is 4.74 Å². The van der Waals surface area contributed by atoms with E-state index in [1.807, 2.05) is 60.8 Å².